The predicted molar refractivity (Wildman–Crippen MR) is 118 cm³/mol. The topological polar surface area (TPSA) is 84.9 Å². The molecule has 2 aromatic carbocycles. The lowest BCUT2D eigenvalue weighted by atomic mass is 10.1. The number of amides is 2. The Hall–Kier alpha value is -3.42. The Bertz CT molecular complexity index is 990. The van der Waals surface area contributed by atoms with Crippen molar-refractivity contribution in [3.05, 3.63) is 53.8 Å². The normalized spacial score (nSPS) is 13.9. The van der Waals surface area contributed by atoms with Gasteiger partial charge < -0.3 is 14.8 Å². The van der Waals surface area contributed by atoms with Crippen molar-refractivity contribution in [2.75, 3.05) is 24.7 Å². The molecule has 1 N–H and O–H groups in total. The van der Waals surface area contributed by atoms with Gasteiger partial charge in [0.25, 0.3) is 5.91 Å². The number of anilines is 1. The zero-order valence-corrected chi connectivity index (χ0v) is 18.4. The van der Waals surface area contributed by atoms with Crippen molar-refractivity contribution in [2.45, 2.75) is 33.2 Å². The third-order valence-corrected chi connectivity index (χ3v) is 5.13. The molecule has 8 heteroatoms. The molecule has 0 bridgehead atoms. The minimum absolute atomic E-state index is 0.183. The minimum Gasteiger partial charge on any atom is -0.485 e. The van der Waals surface area contributed by atoms with Crippen LogP contribution < -0.4 is 19.7 Å². The highest BCUT2D eigenvalue weighted by Crippen LogP contribution is 2.34. The van der Waals surface area contributed by atoms with Gasteiger partial charge in [0.2, 0.25) is 5.91 Å². The molecule has 0 fully saturated rings. The fourth-order valence-corrected chi connectivity index (χ4v) is 3.28. The first-order valence-corrected chi connectivity index (χ1v) is 10.5. The number of fused-ring (bicyclic) bond motifs is 1. The highest BCUT2D eigenvalue weighted by Gasteiger charge is 2.33. The second-order valence-corrected chi connectivity index (χ2v) is 8.05. The molecule has 0 spiro atoms. The molecule has 2 aromatic rings. The molecule has 1 atom stereocenters. The van der Waals surface area contributed by atoms with Gasteiger partial charge in [0, 0.05) is 12.1 Å². The van der Waals surface area contributed by atoms with Crippen molar-refractivity contribution in [3.8, 4) is 11.5 Å². The van der Waals surface area contributed by atoms with E-state index in [0.717, 1.165) is 6.42 Å². The predicted octanol–water partition coefficient (Wildman–Crippen LogP) is 3.36. The van der Waals surface area contributed by atoms with Crippen LogP contribution in [0.25, 0.3) is 0 Å². The highest BCUT2D eigenvalue weighted by molar-refractivity contribution is 6.05. The average Bonchev–Trinajstić information content (AvgIpc) is 2.77. The summed E-state index contributed by atoms with van der Waals surface area (Å²) >= 11 is 0. The number of ketones is 1. The van der Waals surface area contributed by atoms with Gasteiger partial charge in [-0.25, -0.2) is 4.39 Å². The SMILES string of the molecule is CC(C)CCNC(=O)[C@@H](C)N1C(=O)COc2ccc(C(=O)COc3ccc(F)cc3)cc21. The molecule has 1 aliphatic rings. The standard InChI is InChI=1S/C24H27FN2O5/c1-15(2)10-11-26-24(30)16(3)27-20-12-17(4-9-22(20)32-14-23(27)29)21(28)13-31-19-7-5-18(25)6-8-19/h4-9,12,15-16H,10-11,13-14H2,1-3H3,(H,26,30)/t16-/m1/s1. The molecule has 1 heterocycles. The summed E-state index contributed by atoms with van der Waals surface area (Å²) in [4.78, 5) is 39.2. The number of ether oxygens (including phenoxy) is 2. The zero-order valence-electron chi connectivity index (χ0n) is 18.4. The smallest absolute Gasteiger partial charge is 0.265 e. The number of halogens is 1. The van der Waals surface area contributed by atoms with E-state index in [4.69, 9.17) is 9.47 Å². The van der Waals surface area contributed by atoms with Crippen LogP contribution in [0.5, 0.6) is 11.5 Å². The molecular formula is C24H27FN2O5. The fourth-order valence-electron chi connectivity index (χ4n) is 3.28. The number of carbonyl (C=O) groups is 3. The number of hydrogen-bond acceptors (Lipinski definition) is 5. The van der Waals surface area contributed by atoms with Gasteiger partial charge in [-0.3, -0.25) is 19.3 Å². The lowest BCUT2D eigenvalue weighted by molar-refractivity contribution is -0.127. The molecule has 170 valence electrons. The number of nitrogens with one attached hydrogen (secondary N) is 1. The molecule has 0 radical (unpaired) electrons. The van der Waals surface area contributed by atoms with Crippen LogP contribution in [0.2, 0.25) is 0 Å². The van der Waals surface area contributed by atoms with Gasteiger partial charge in [0.1, 0.15) is 23.4 Å². The third kappa shape index (κ3) is 5.63. The van der Waals surface area contributed by atoms with E-state index in [2.05, 4.69) is 19.2 Å². The van der Waals surface area contributed by atoms with Crippen LogP contribution >= 0.6 is 0 Å². The number of rotatable bonds is 9. The Morgan fingerprint density at radius 3 is 2.56 bits per heavy atom. The van der Waals surface area contributed by atoms with Gasteiger partial charge in [-0.05, 0) is 61.7 Å². The largest absolute Gasteiger partial charge is 0.485 e. The maximum absolute atomic E-state index is 13.0. The number of nitrogens with zero attached hydrogens (tertiary/aromatic N) is 1. The molecular weight excluding hydrogens is 415 g/mol. The van der Waals surface area contributed by atoms with E-state index in [1.54, 1.807) is 19.1 Å². The average molecular weight is 442 g/mol. The fraction of sp³-hybridized carbons (Fsp3) is 0.375. The first-order chi connectivity index (χ1) is 15.3. The van der Waals surface area contributed by atoms with Crippen LogP contribution in [-0.2, 0) is 9.59 Å². The summed E-state index contributed by atoms with van der Waals surface area (Å²) in [5, 5.41) is 2.85. The Balaban J connectivity index is 1.74. The van der Waals surface area contributed by atoms with Gasteiger partial charge in [-0.1, -0.05) is 13.8 Å². The Labute approximate surface area is 186 Å². The van der Waals surface area contributed by atoms with E-state index >= 15 is 0 Å². The van der Waals surface area contributed by atoms with Gasteiger partial charge >= 0.3 is 0 Å². The first-order valence-electron chi connectivity index (χ1n) is 10.5. The van der Waals surface area contributed by atoms with Crippen LogP contribution in [0.3, 0.4) is 0 Å². The molecule has 7 nitrogen and oxygen atoms in total. The van der Waals surface area contributed by atoms with E-state index in [9.17, 15) is 18.8 Å². The molecule has 0 aliphatic carbocycles. The number of Topliss-reactive ketones (excluding diaryl/α,β-unsaturated/α-hetero) is 1. The summed E-state index contributed by atoms with van der Waals surface area (Å²) in [7, 11) is 0. The van der Waals surface area contributed by atoms with Gasteiger partial charge in [-0.15, -0.1) is 0 Å². The van der Waals surface area contributed by atoms with E-state index in [1.165, 1.54) is 35.2 Å². The molecule has 0 saturated heterocycles. The maximum Gasteiger partial charge on any atom is 0.265 e. The second-order valence-electron chi connectivity index (χ2n) is 8.05. The number of hydrogen-bond donors (Lipinski definition) is 1. The summed E-state index contributed by atoms with van der Waals surface area (Å²) in [5.74, 6) is -0.136. The lowest BCUT2D eigenvalue weighted by Crippen LogP contribution is -2.51. The van der Waals surface area contributed by atoms with Crippen LogP contribution in [0.4, 0.5) is 10.1 Å². The lowest BCUT2D eigenvalue weighted by Gasteiger charge is -2.33. The van der Waals surface area contributed by atoms with Crippen LogP contribution in [0.15, 0.2) is 42.5 Å². The molecule has 3 rings (SSSR count). The van der Waals surface area contributed by atoms with Crippen molar-refractivity contribution in [3.63, 3.8) is 0 Å². The van der Waals surface area contributed by atoms with Crippen molar-refractivity contribution in [2.24, 2.45) is 5.92 Å². The van der Waals surface area contributed by atoms with Crippen LogP contribution in [0.1, 0.15) is 37.6 Å². The first kappa shape index (κ1) is 23.2. The van der Waals surface area contributed by atoms with E-state index in [-0.39, 0.29) is 30.8 Å². The summed E-state index contributed by atoms with van der Waals surface area (Å²) in [6.07, 6.45) is 0.832. The molecule has 2 amide bonds. The number of carbonyl (C=O) groups excluding carboxylic acids is 3. The summed E-state index contributed by atoms with van der Waals surface area (Å²) < 4.78 is 23.9. The van der Waals surface area contributed by atoms with Gasteiger partial charge in [-0.2, -0.15) is 0 Å². The van der Waals surface area contributed by atoms with Gasteiger partial charge in [0.05, 0.1) is 5.69 Å². The van der Waals surface area contributed by atoms with Gasteiger partial charge in [0.15, 0.2) is 19.0 Å². The Kier molecular flexibility index (Phi) is 7.45. The van der Waals surface area contributed by atoms with E-state index < -0.39 is 11.9 Å². The molecule has 1 aliphatic heterocycles. The quantitative estimate of drug-likeness (QED) is 0.602. The van der Waals surface area contributed by atoms with Crippen molar-refractivity contribution in [1.82, 2.24) is 5.32 Å². The highest BCUT2D eigenvalue weighted by atomic mass is 19.1. The number of benzene rings is 2. The summed E-state index contributed by atoms with van der Waals surface area (Å²) in [6.45, 7) is 5.85. The zero-order chi connectivity index (χ0) is 23.3. The van der Waals surface area contributed by atoms with Crippen molar-refractivity contribution < 1.29 is 28.2 Å². The van der Waals surface area contributed by atoms with Crippen molar-refractivity contribution >= 4 is 23.3 Å². The van der Waals surface area contributed by atoms with E-state index in [0.29, 0.717) is 35.2 Å². The summed E-state index contributed by atoms with van der Waals surface area (Å²) in [6, 6.07) is 9.30. The Morgan fingerprint density at radius 1 is 1.16 bits per heavy atom. The minimum atomic E-state index is -0.766. The molecule has 0 unspecified atom stereocenters. The van der Waals surface area contributed by atoms with Crippen LogP contribution in [0, 0.1) is 11.7 Å². The maximum atomic E-state index is 13.0. The molecule has 32 heavy (non-hydrogen) atoms. The van der Waals surface area contributed by atoms with Crippen molar-refractivity contribution in [1.29, 1.82) is 0 Å². The monoisotopic (exact) mass is 442 g/mol. The molecule has 0 aromatic heterocycles. The van der Waals surface area contributed by atoms with Crippen LogP contribution in [-0.4, -0.2) is 43.4 Å². The Morgan fingerprint density at radius 2 is 1.88 bits per heavy atom. The second kappa shape index (κ2) is 10.3. The molecule has 0 saturated carbocycles. The summed E-state index contributed by atoms with van der Waals surface area (Å²) in [5.41, 5.74) is 0.668. The third-order valence-electron chi connectivity index (χ3n) is 5.13. The van der Waals surface area contributed by atoms with E-state index in [1.807, 2.05) is 0 Å².